The molecule has 1 aromatic rings. The highest BCUT2D eigenvalue weighted by atomic mass is 17.0. The van der Waals surface area contributed by atoms with Gasteiger partial charge in [0, 0.05) is 18.7 Å². The Morgan fingerprint density at radius 3 is 2.00 bits per heavy atom. The average molecular weight is 304 g/mol. The molecule has 1 unspecified atom stereocenters. The van der Waals surface area contributed by atoms with Crippen LogP contribution in [-0.2, 0) is 4.84 Å². The molecule has 0 aliphatic heterocycles. The van der Waals surface area contributed by atoms with E-state index >= 15 is 0 Å². The minimum Gasteiger partial charge on any atom is -0.328 e. The Labute approximate surface area is 117 Å². The summed E-state index contributed by atoms with van der Waals surface area (Å²) in [6, 6.07) is 5.43. The van der Waals surface area contributed by atoms with Gasteiger partial charge in [-0.25, -0.2) is 0 Å². The molecular formula is C9H12N4O8. The van der Waals surface area contributed by atoms with Crippen LogP contribution < -0.4 is 5.32 Å². The lowest BCUT2D eigenvalue weighted by atomic mass is 10.1. The van der Waals surface area contributed by atoms with Crippen LogP contribution >= 0.6 is 0 Å². The maximum atomic E-state index is 10.4. The summed E-state index contributed by atoms with van der Waals surface area (Å²) in [6.07, 6.45) is -0.782. The van der Waals surface area contributed by atoms with Gasteiger partial charge in [0.25, 0.3) is 15.9 Å². The summed E-state index contributed by atoms with van der Waals surface area (Å²) >= 11 is 0. The van der Waals surface area contributed by atoms with Crippen molar-refractivity contribution >= 4 is 5.69 Å². The van der Waals surface area contributed by atoms with Crippen molar-refractivity contribution in [1.29, 1.82) is 0 Å². The number of nitro groups is 1. The van der Waals surface area contributed by atoms with E-state index in [0.29, 0.717) is 5.56 Å². The van der Waals surface area contributed by atoms with E-state index in [1.54, 1.807) is 7.05 Å². The average Bonchev–Trinajstić information content (AvgIpc) is 2.37. The van der Waals surface area contributed by atoms with E-state index in [-0.39, 0.29) is 12.2 Å². The summed E-state index contributed by atoms with van der Waals surface area (Å²) in [7, 11) is 1.63. The van der Waals surface area contributed by atoms with Gasteiger partial charge in [-0.05, 0) is 24.7 Å². The summed E-state index contributed by atoms with van der Waals surface area (Å²) in [5.74, 6) is 0. The summed E-state index contributed by atoms with van der Waals surface area (Å²) in [4.78, 5) is 33.0. The Morgan fingerprint density at radius 2 is 1.67 bits per heavy atom. The number of likely N-dealkylation sites (N-methyl/N-ethyl adjacent to an activating group) is 1. The third kappa shape index (κ3) is 7.89. The van der Waals surface area contributed by atoms with Gasteiger partial charge in [0.15, 0.2) is 0 Å². The van der Waals surface area contributed by atoms with Gasteiger partial charge < -0.3 is 15.4 Å². The molecule has 1 rings (SSSR count). The minimum absolute atomic E-state index is 0.0712. The van der Waals surface area contributed by atoms with Crippen molar-refractivity contribution in [2.24, 2.45) is 0 Å². The predicted octanol–water partition coefficient (Wildman–Crippen LogP) is 0.716. The highest BCUT2D eigenvalue weighted by molar-refractivity contribution is 5.33. The second-order valence-electron chi connectivity index (χ2n) is 3.46. The van der Waals surface area contributed by atoms with E-state index in [1.807, 2.05) is 0 Å². The molecule has 0 bridgehead atoms. The van der Waals surface area contributed by atoms with Crippen molar-refractivity contribution < 1.29 is 25.1 Å². The smallest absolute Gasteiger partial charge is 0.295 e. The number of rotatable bonds is 6. The molecule has 0 aliphatic carbocycles. The van der Waals surface area contributed by atoms with Crippen LogP contribution in [0.1, 0.15) is 11.7 Å². The number of non-ortho nitro benzene ring substituents is 1. The molecular weight excluding hydrogens is 292 g/mol. The zero-order chi connectivity index (χ0) is 16.4. The Balaban J connectivity index is 0.000000885. The lowest BCUT2D eigenvalue weighted by molar-refractivity contribution is -0.770. The van der Waals surface area contributed by atoms with Crippen molar-refractivity contribution in [2.75, 3.05) is 13.6 Å². The van der Waals surface area contributed by atoms with Gasteiger partial charge in [-0.3, -0.25) is 10.1 Å². The van der Waals surface area contributed by atoms with Crippen molar-refractivity contribution in [2.45, 2.75) is 6.10 Å². The van der Waals surface area contributed by atoms with Crippen LogP contribution in [0.25, 0.3) is 0 Å². The fraction of sp³-hybridized carbons (Fsp3) is 0.333. The number of benzene rings is 1. The SMILES string of the molecule is CNCC(O[N+](=O)[O-])c1ccc([N+](=O)[O-])cc1.O=[N+]([O-])O. The molecule has 1 atom stereocenters. The van der Waals surface area contributed by atoms with Crippen LogP contribution in [0.4, 0.5) is 5.69 Å². The molecule has 0 fully saturated rings. The zero-order valence-corrected chi connectivity index (χ0v) is 10.7. The molecule has 0 radical (unpaired) electrons. The van der Waals surface area contributed by atoms with Gasteiger partial charge in [-0.1, -0.05) is 0 Å². The molecule has 0 aliphatic rings. The van der Waals surface area contributed by atoms with Gasteiger partial charge in [0.1, 0.15) is 6.10 Å². The summed E-state index contributed by atoms with van der Waals surface area (Å²) < 4.78 is 0. The van der Waals surface area contributed by atoms with Crippen LogP contribution in [0.5, 0.6) is 0 Å². The Kier molecular flexibility index (Phi) is 7.68. The van der Waals surface area contributed by atoms with Crippen LogP contribution in [0.15, 0.2) is 24.3 Å². The second kappa shape index (κ2) is 8.98. The molecule has 21 heavy (non-hydrogen) atoms. The van der Waals surface area contributed by atoms with Crippen molar-refractivity contribution in [3.05, 3.63) is 60.2 Å². The van der Waals surface area contributed by atoms with Crippen LogP contribution in [-0.4, -0.2) is 33.9 Å². The summed E-state index contributed by atoms with van der Waals surface area (Å²) in [5, 5.41) is 36.2. The lowest BCUT2D eigenvalue weighted by Gasteiger charge is -2.14. The third-order valence-electron chi connectivity index (χ3n) is 2.08. The largest absolute Gasteiger partial charge is 0.328 e. The number of nitro benzene ring substituents is 1. The summed E-state index contributed by atoms with van der Waals surface area (Å²) in [5.41, 5.74) is 0.430. The van der Waals surface area contributed by atoms with Gasteiger partial charge in [-0.2, -0.15) is 0 Å². The molecule has 2 N–H and O–H groups in total. The fourth-order valence-corrected chi connectivity index (χ4v) is 1.32. The Hall–Kier alpha value is -3.02. The monoisotopic (exact) mass is 304 g/mol. The topological polar surface area (TPSA) is 171 Å². The van der Waals surface area contributed by atoms with Crippen LogP contribution in [0, 0.1) is 30.3 Å². The van der Waals surface area contributed by atoms with Gasteiger partial charge in [0.2, 0.25) is 0 Å². The molecule has 116 valence electrons. The number of hydrogen-bond acceptors (Lipinski definition) is 8. The third-order valence-corrected chi connectivity index (χ3v) is 2.08. The van der Waals surface area contributed by atoms with E-state index in [1.165, 1.54) is 24.3 Å². The fourth-order valence-electron chi connectivity index (χ4n) is 1.32. The first-order valence-electron chi connectivity index (χ1n) is 5.31. The van der Waals surface area contributed by atoms with Gasteiger partial charge in [-0.15, -0.1) is 20.2 Å². The Morgan fingerprint density at radius 1 is 1.19 bits per heavy atom. The lowest BCUT2D eigenvalue weighted by Crippen LogP contribution is -2.21. The van der Waals surface area contributed by atoms with E-state index in [9.17, 15) is 20.2 Å². The first-order valence-corrected chi connectivity index (χ1v) is 5.31. The van der Waals surface area contributed by atoms with E-state index in [4.69, 9.17) is 15.3 Å². The maximum Gasteiger partial charge on any atom is 0.295 e. The number of hydrogen-bond donors (Lipinski definition) is 2. The Bertz CT molecular complexity index is 487. The molecule has 0 spiro atoms. The van der Waals surface area contributed by atoms with Crippen molar-refractivity contribution in [3.8, 4) is 0 Å². The minimum atomic E-state index is -1.50. The molecule has 1 aromatic carbocycles. The molecule has 0 saturated carbocycles. The highest BCUT2D eigenvalue weighted by Crippen LogP contribution is 2.20. The number of nitrogens with zero attached hydrogens (tertiary/aromatic N) is 3. The van der Waals surface area contributed by atoms with E-state index < -0.39 is 21.2 Å². The molecule has 12 nitrogen and oxygen atoms in total. The van der Waals surface area contributed by atoms with Crippen molar-refractivity contribution in [1.82, 2.24) is 5.32 Å². The van der Waals surface area contributed by atoms with Crippen molar-refractivity contribution in [3.63, 3.8) is 0 Å². The predicted molar refractivity (Wildman–Crippen MR) is 66.6 cm³/mol. The molecule has 0 amide bonds. The van der Waals surface area contributed by atoms with Crippen LogP contribution in [0.2, 0.25) is 0 Å². The maximum absolute atomic E-state index is 10.4. The molecule has 0 saturated heterocycles. The van der Waals surface area contributed by atoms with E-state index in [2.05, 4.69) is 10.2 Å². The van der Waals surface area contributed by atoms with Gasteiger partial charge in [0.05, 0.1) is 4.92 Å². The van der Waals surface area contributed by atoms with E-state index in [0.717, 1.165) is 0 Å². The first kappa shape index (κ1) is 18.0. The molecule has 12 heteroatoms. The highest BCUT2D eigenvalue weighted by Gasteiger charge is 2.16. The quantitative estimate of drug-likeness (QED) is 0.567. The standard InChI is InChI=1S/C9H11N3O5.HNO3/c1-10-6-9(17-12(15)16)7-2-4-8(5-3-7)11(13)14;2-1(3)4/h2-5,9-10H,6H2,1H3;(H,2,3,4). The van der Waals surface area contributed by atoms with Gasteiger partial charge >= 0.3 is 0 Å². The first-order chi connectivity index (χ1) is 9.77. The number of nitrogens with one attached hydrogen (secondary N) is 1. The summed E-state index contributed by atoms with van der Waals surface area (Å²) in [6.45, 7) is 0.235. The molecule has 0 heterocycles. The molecule has 0 aromatic heterocycles. The normalized spacial score (nSPS) is 10.7. The van der Waals surface area contributed by atoms with Crippen LogP contribution in [0.3, 0.4) is 0 Å². The zero-order valence-electron chi connectivity index (χ0n) is 10.7. The second-order valence-corrected chi connectivity index (χ2v) is 3.46.